The van der Waals surface area contributed by atoms with E-state index in [1.54, 1.807) is 24.2 Å². The van der Waals surface area contributed by atoms with Crippen LogP contribution in [0.2, 0.25) is 0 Å². The molecule has 0 N–H and O–H groups in total. The fourth-order valence-electron chi connectivity index (χ4n) is 7.43. The average Bonchev–Trinajstić information content (AvgIpc) is 3.71. The molecule has 44 heavy (non-hydrogen) atoms. The summed E-state index contributed by atoms with van der Waals surface area (Å²) in [5.74, 6) is 1.71. The first kappa shape index (κ1) is 35.0. The van der Waals surface area contributed by atoms with Crippen LogP contribution in [0.25, 0.3) is 21.5 Å². The Kier molecular flexibility index (Phi) is 16.7. The minimum Gasteiger partial charge on any atom is -0.375 e. The van der Waals surface area contributed by atoms with E-state index in [0.29, 0.717) is 0 Å². The summed E-state index contributed by atoms with van der Waals surface area (Å²) in [5.41, 5.74) is 3.17. The topological polar surface area (TPSA) is 9.23 Å². The van der Waals surface area contributed by atoms with Crippen LogP contribution in [-0.4, -0.2) is 7.11 Å². The van der Waals surface area contributed by atoms with Crippen molar-refractivity contribution in [3.05, 3.63) is 78.1 Å². The molecule has 241 valence electrons. The van der Waals surface area contributed by atoms with Gasteiger partial charge >= 0.3 is 0 Å². The monoisotopic (exact) mass is 595 g/mol. The number of hydrogen-bond donors (Lipinski definition) is 0. The van der Waals surface area contributed by atoms with Crippen LogP contribution in [0.5, 0.6) is 0 Å². The number of ether oxygens (including phenoxy) is 1. The van der Waals surface area contributed by atoms with Crippen molar-refractivity contribution in [1.82, 2.24) is 0 Å². The maximum atomic E-state index is 5.11. The quantitative estimate of drug-likeness (QED) is 0.254. The van der Waals surface area contributed by atoms with Crippen molar-refractivity contribution in [2.45, 2.75) is 161 Å². The Morgan fingerprint density at radius 1 is 0.455 bits per heavy atom. The fourth-order valence-corrected chi connectivity index (χ4v) is 7.43. The Morgan fingerprint density at radius 2 is 1.00 bits per heavy atom. The Balaban J connectivity index is 0.000000141. The summed E-state index contributed by atoms with van der Waals surface area (Å²) in [6, 6.07) is 18.0. The van der Waals surface area contributed by atoms with E-state index in [0.717, 1.165) is 0 Å². The number of hydrogen-bond acceptors (Lipinski definition) is 1. The highest BCUT2D eigenvalue weighted by molar-refractivity contribution is 6.08. The molecule has 4 fully saturated rings. The first-order valence-corrected chi connectivity index (χ1v) is 18.7. The lowest BCUT2D eigenvalue weighted by Gasteiger charge is -2.18. The van der Waals surface area contributed by atoms with Gasteiger partial charge < -0.3 is 4.74 Å². The summed E-state index contributed by atoms with van der Waals surface area (Å²) < 4.78 is 5.11. The molecule has 5 aliphatic carbocycles. The standard InChI is InChI=1S/C18H16.C7H13O.C7H13.C6H11.C5H10/c1-3-7-15-13(5-1)9-11-18-16-8-4-2-6-14(16)10-12-17(15)18;1-8-7-5-3-2-4-6-7;1-7-5-3-2-4-6-7;1-2-4-6-5-3-1;1-2-4-5-3-1/h1,3,5,7,9-12H,2,4,6,8H2;2-6H2,1H3;2-6H2,1H3;1H,2-6H2;1-5H2. The van der Waals surface area contributed by atoms with Gasteiger partial charge in [-0.3, -0.25) is 0 Å². The number of benzene rings is 3. The van der Waals surface area contributed by atoms with Gasteiger partial charge in [0.1, 0.15) is 0 Å². The van der Waals surface area contributed by atoms with E-state index in [1.165, 1.54) is 182 Å². The molecular formula is C43H63O. The van der Waals surface area contributed by atoms with Crippen LogP contribution < -0.4 is 0 Å². The third kappa shape index (κ3) is 12.2. The molecule has 0 aliphatic heterocycles. The molecular weight excluding hydrogens is 532 g/mol. The smallest absolute Gasteiger partial charge is 0.0966 e. The van der Waals surface area contributed by atoms with E-state index in [2.05, 4.69) is 61.9 Å². The van der Waals surface area contributed by atoms with Gasteiger partial charge in [-0.1, -0.05) is 158 Å². The van der Waals surface area contributed by atoms with Gasteiger partial charge in [-0.05, 0) is 96.4 Å². The second kappa shape index (κ2) is 21.0. The maximum absolute atomic E-state index is 5.11. The van der Waals surface area contributed by atoms with Crippen LogP contribution in [0, 0.1) is 18.4 Å². The molecule has 1 nitrogen and oxygen atoms in total. The van der Waals surface area contributed by atoms with Crippen molar-refractivity contribution in [2.24, 2.45) is 0 Å². The molecule has 8 rings (SSSR count). The highest BCUT2D eigenvalue weighted by Crippen LogP contribution is 2.33. The predicted molar refractivity (Wildman–Crippen MR) is 194 cm³/mol. The summed E-state index contributed by atoms with van der Waals surface area (Å²) in [6.45, 7) is 2.28. The summed E-state index contributed by atoms with van der Waals surface area (Å²) in [6.07, 6.45) is 37.2. The van der Waals surface area contributed by atoms with E-state index in [1.807, 2.05) is 0 Å². The highest BCUT2D eigenvalue weighted by Gasteiger charge is 2.13. The molecule has 0 saturated heterocycles. The highest BCUT2D eigenvalue weighted by atomic mass is 16.5. The Morgan fingerprint density at radius 3 is 1.55 bits per heavy atom. The Labute approximate surface area is 271 Å². The van der Waals surface area contributed by atoms with Gasteiger partial charge in [0.15, 0.2) is 0 Å². The summed E-state index contributed by atoms with van der Waals surface area (Å²) in [7, 11) is 1.78. The third-order valence-corrected chi connectivity index (χ3v) is 10.2. The van der Waals surface area contributed by atoms with E-state index in [9.17, 15) is 0 Å². The first-order chi connectivity index (χ1) is 21.8. The van der Waals surface area contributed by atoms with Crippen molar-refractivity contribution in [3.8, 4) is 0 Å². The summed E-state index contributed by atoms with van der Waals surface area (Å²) in [5, 5.41) is 5.64. The van der Waals surface area contributed by atoms with Crippen LogP contribution in [-0.2, 0) is 17.6 Å². The minimum atomic E-state index is 1.20. The van der Waals surface area contributed by atoms with E-state index in [-0.39, 0.29) is 0 Å². The molecule has 0 bridgehead atoms. The van der Waals surface area contributed by atoms with Crippen LogP contribution in [0.4, 0.5) is 0 Å². The molecule has 0 atom stereocenters. The molecule has 0 spiro atoms. The predicted octanol–water partition coefficient (Wildman–Crippen LogP) is 13.7. The molecule has 1 heteroatoms. The number of aryl methyl sites for hydroxylation is 2. The zero-order chi connectivity index (χ0) is 30.7. The molecule has 0 heterocycles. The van der Waals surface area contributed by atoms with Gasteiger partial charge in [0, 0.05) is 7.11 Å². The molecule has 4 saturated carbocycles. The fraction of sp³-hybridized carbons (Fsp3) is 0.605. The largest absolute Gasteiger partial charge is 0.375 e. The molecule has 0 unspecified atom stereocenters. The lowest BCUT2D eigenvalue weighted by Crippen LogP contribution is -2.04. The van der Waals surface area contributed by atoms with Gasteiger partial charge in [0.2, 0.25) is 0 Å². The van der Waals surface area contributed by atoms with Crippen LogP contribution in [0.3, 0.4) is 0 Å². The normalized spacial score (nSPS) is 20.4. The first-order valence-electron chi connectivity index (χ1n) is 18.7. The van der Waals surface area contributed by atoms with Gasteiger partial charge in [0.05, 0.1) is 6.10 Å². The van der Waals surface area contributed by atoms with Crippen molar-refractivity contribution < 1.29 is 4.74 Å². The second-order valence-corrected chi connectivity index (χ2v) is 13.8. The van der Waals surface area contributed by atoms with E-state index < -0.39 is 0 Å². The number of fused-ring (bicyclic) bond motifs is 5. The van der Waals surface area contributed by atoms with Crippen molar-refractivity contribution in [1.29, 1.82) is 0 Å². The van der Waals surface area contributed by atoms with Crippen molar-refractivity contribution in [3.63, 3.8) is 0 Å². The van der Waals surface area contributed by atoms with Gasteiger partial charge in [0.25, 0.3) is 0 Å². The maximum Gasteiger partial charge on any atom is 0.0966 e. The molecule has 3 aromatic rings. The SMILES string of the molecule is C1CCCC1.CO[C]1CCCCC1.C[C]1CCCCC1.[CH]1CCCCC1.c1ccc2c(c1)ccc1c3c(ccc12)CCCC3. The zero-order valence-corrected chi connectivity index (χ0v) is 28.6. The lowest BCUT2D eigenvalue weighted by atomic mass is 9.86. The number of rotatable bonds is 1. The lowest BCUT2D eigenvalue weighted by molar-refractivity contribution is 0.166. The molecule has 3 radical (unpaired) electrons. The van der Waals surface area contributed by atoms with Crippen LogP contribution in [0.1, 0.15) is 159 Å². The molecule has 5 aliphatic rings. The third-order valence-electron chi connectivity index (χ3n) is 10.2. The minimum absolute atomic E-state index is 1.20. The zero-order valence-electron chi connectivity index (χ0n) is 28.6. The molecule has 0 aromatic heterocycles. The molecule has 3 aromatic carbocycles. The van der Waals surface area contributed by atoms with Gasteiger partial charge in [-0.25, -0.2) is 0 Å². The Hall–Kier alpha value is -1.86. The van der Waals surface area contributed by atoms with Gasteiger partial charge in [-0.15, -0.1) is 0 Å². The van der Waals surface area contributed by atoms with Gasteiger partial charge in [-0.2, -0.15) is 0 Å². The second-order valence-electron chi connectivity index (χ2n) is 13.8. The summed E-state index contributed by atoms with van der Waals surface area (Å²) >= 11 is 0. The van der Waals surface area contributed by atoms with E-state index >= 15 is 0 Å². The van der Waals surface area contributed by atoms with Crippen LogP contribution >= 0.6 is 0 Å². The average molecular weight is 596 g/mol. The Bertz CT molecular complexity index is 1140. The van der Waals surface area contributed by atoms with Crippen LogP contribution in [0.15, 0.2) is 48.5 Å². The number of methoxy groups -OCH3 is 1. The van der Waals surface area contributed by atoms with E-state index in [4.69, 9.17) is 4.74 Å². The van der Waals surface area contributed by atoms with Crippen molar-refractivity contribution >= 4 is 21.5 Å². The summed E-state index contributed by atoms with van der Waals surface area (Å²) in [4.78, 5) is 0. The van der Waals surface area contributed by atoms with Crippen molar-refractivity contribution in [2.75, 3.05) is 7.11 Å². The molecule has 0 amide bonds.